The second-order valence-electron chi connectivity index (χ2n) is 6.29. The quantitative estimate of drug-likeness (QED) is 0.871. The van der Waals surface area contributed by atoms with E-state index in [1.807, 2.05) is 19.9 Å². The van der Waals surface area contributed by atoms with E-state index in [1.165, 1.54) is 0 Å². The Balaban J connectivity index is 2.20. The van der Waals surface area contributed by atoms with Gasteiger partial charge >= 0.3 is 5.97 Å². The highest BCUT2D eigenvalue weighted by atomic mass is 16.5. The number of carboxylic acids is 1. The predicted octanol–water partition coefficient (Wildman–Crippen LogP) is 3.43. The molecule has 0 aliphatic carbocycles. The van der Waals surface area contributed by atoms with Crippen molar-refractivity contribution in [3.8, 4) is 5.75 Å². The Morgan fingerprint density at radius 1 is 1.20 bits per heavy atom. The smallest absolute Gasteiger partial charge is 0.341 e. The molecule has 0 atom stereocenters. The van der Waals surface area contributed by atoms with E-state index in [4.69, 9.17) is 9.84 Å². The van der Waals surface area contributed by atoms with E-state index in [9.17, 15) is 9.59 Å². The number of amides is 1. The fourth-order valence-electron chi connectivity index (χ4n) is 3.00. The first kappa shape index (κ1) is 18.6. The zero-order chi connectivity index (χ0) is 18.7. The van der Waals surface area contributed by atoms with E-state index in [1.54, 1.807) is 36.2 Å². The number of rotatable bonds is 6. The van der Waals surface area contributed by atoms with E-state index < -0.39 is 12.6 Å². The second kappa shape index (κ2) is 7.42. The van der Waals surface area contributed by atoms with Gasteiger partial charge in [0, 0.05) is 30.2 Å². The van der Waals surface area contributed by atoms with Crippen LogP contribution in [0.25, 0.3) is 0 Å². The number of carboxylic acid groups (broad SMARTS) is 1. The molecule has 25 heavy (non-hydrogen) atoms. The van der Waals surface area contributed by atoms with Crippen LogP contribution in [0.4, 0.5) is 5.69 Å². The normalized spacial score (nSPS) is 10.8. The molecule has 1 aromatic carbocycles. The van der Waals surface area contributed by atoms with E-state index in [0.717, 1.165) is 11.4 Å². The van der Waals surface area contributed by atoms with Crippen molar-refractivity contribution < 1.29 is 19.4 Å². The molecule has 0 saturated carbocycles. The molecule has 0 aliphatic heterocycles. The fourth-order valence-corrected chi connectivity index (χ4v) is 3.00. The monoisotopic (exact) mass is 344 g/mol. The number of benzene rings is 1. The largest absolute Gasteiger partial charge is 0.482 e. The van der Waals surface area contributed by atoms with E-state index in [0.29, 0.717) is 17.0 Å². The molecule has 2 rings (SSSR count). The minimum Gasteiger partial charge on any atom is -0.482 e. The Bertz CT molecular complexity index is 775. The lowest BCUT2D eigenvalue weighted by Crippen LogP contribution is -2.26. The molecule has 134 valence electrons. The van der Waals surface area contributed by atoms with Crippen LogP contribution in [-0.2, 0) is 4.79 Å². The summed E-state index contributed by atoms with van der Waals surface area (Å²) in [6.45, 7) is 7.74. The van der Waals surface area contributed by atoms with Crippen molar-refractivity contribution in [2.24, 2.45) is 0 Å². The number of nitrogens with zero attached hydrogens (tertiary/aromatic N) is 2. The van der Waals surface area contributed by atoms with Gasteiger partial charge in [-0.05, 0) is 58.0 Å². The molecule has 0 radical (unpaired) electrons. The summed E-state index contributed by atoms with van der Waals surface area (Å²) in [6.07, 6.45) is 0. The molecule has 1 heterocycles. The zero-order valence-corrected chi connectivity index (χ0v) is 15.2. The van der Waals surface area contributed by atoms with E-state index >= 15 is 0 Å². The number of ether oxygens (including phenoxy) is 1. The fraction of sp³-hybridized carbons (Fsp3) is 0.368. The molecular weight excluding hydrogens is 320 g/mol. The lowest BCUT2D eigenvalue weighted by Gasteiger charge is -2.18. The predicted molar refractivity (Wildman–Crippen MR) is 96.6 cm³/mol. The Morgan fingerprint density at radius 3 is 2.28 bits per heavy atom. The molecule has 1 N–H and O–H groups in total. The van der Waals surface area contributed by atoms with Gasteiger partial charge in [-0.2, -0.15) is 0 Å². The van der Waals surface area contributed by atoms with Crippen LogP contribution in [0.1, 0.15) is 41.6 Å². The van der Waals surface area contributed by atoms with Crippen LogP contribution in [0.3, 0.4) is 0 Å². The zero-order valence-electron chi connectivity index (χ0n) is 15.2. The number of carbonyl (C=O) groups excluding carboxylic acids is 1. The van der Waals surface area contributed by atoms with Gasteiger partial charge in [0.15, 0.2) is 6.61 Å². The second-order valence-corrected chi connectivity index (χ2v) is 6.29. The van der Waals surface area contributed by atoms with Crippen molar-refractivity contribution in [2.45, 2.75) is 33.7 Å². The molecular formula is C19H24N2O4. The van der Waals surface area contributed by atoms with Crippen molar-refractivity contribution in [3.05, 3.63) is 47.3 Å². The topological polar surface area (TPSA) is 71.8 Å². The first-order valence-corrected chi connectivity index (χ1v) is 8.13. The van der Waals surface area contributed by atoms with Crippen molar-refractivity contribution in [1.29, 1.82) is 0 Å². The molecule has 0 saturated heterocycles. The van der Waals surface area contributed by atoms with Crippen LogP contribution >= 0.6 is 0 Å². The van der Waals surface area contributed by atoms with Gasteiger partial charge in [-0.25, -0.2) is 4.79 Å². The lowest BCUT2D eigenvalue weighted by atomic mass is 10.2. The summed E-state index contributed by atoms with van der Waals surface area (Å²) >= 11 is 0. The molecule has 0 spiro atoms. The van der Waals surface area contributed by atoms with Crippen LogP contribution in [0.15, 0.2) is 30.3 Å². The minimum atomic E-state index is -1.03. The maximum absolute atomic E-state index is 12.9. The standard InChI is InChI=1S/C19H24N2O4/c1-12(2)21-13(3)10-17(14(21)4)19(24)20(5)15-6-8-16(9-7-15)25-11-18(22)23/h6-10,12H,11H2,1-5H3,(H,22,23). The highest BCUT2D eigenvalue weighted by molar-refractivity contribution is 6.06. The summed E-state index contributed by atoms with van der Waals surface area (Å²) < 4.78 is 7.25. The third-order valence-electron chi connectivity index (χ3n) is 4.12. The van der Waals surface area contributed by atoms with Crippen molar-refractivity contribution in [3.63, 3.8) is 0 Å². The number of aromatic nitrogens is 1. The SMILES string of the molecule is Cc1cc(C(=O)N(C)c2ccc(OCC(=O)O)cc2)c(C)n1C(C)C. The van der Waals surface area contributed by atoms with Crippen molar-refractivity contribution in [2.75, 3.05) is 18.6 Å². The molecule has 0 aliphatic rings. The first-order valence-electron chi connectivity index (χ1n) is 8.13. The van der Waals surface area contributed by atoms with Crippen LogP contribution in [-0.4, -0.2) is 35.2 Å². The molecule has 0 bridgehead atoms. The van der Waals surface area contributed by atoms with Crippen LogP contribution < -0.4 is 9.64 Å². The Hall–Kier alpha value is -2.76. The summed E-state index contributed by atoms with van der Waals surface area (Å²) in [6, 6.07) is 8.97. The van der Waals surface area contributed by atoms with Gasteiger partial charge in [0.1, 0.15) is 5.75 Å². The maximum atomic E-state index is 12.9. The van der Waals surface area contributed by atoms with Crippen molar-refractivity contribution in [1.82, 2.24) is 4.57 Å². The molecule has 2 aromatic rings. The highest BCUT2D eigenvalue weighted by Crippen LogP contribution is 2.24. The number of aryl methyl sites for hydroxylation is 1. The third kappa shape index (κ3) is 4.02. The number of aliphatic carboxylic acids is 1. The minimum absolute atomic E-state index is 0.0841. The Morgan fingerprint density at radius 2 is 1.80 bits per heavy atom. The van der Waals surface area contributed by atoms with Crippen molar-refractivity contribution >= 4 is 17.6 Å². The molecule has 6 heteroatoms. The van der Waals surface area contributed by atoms with Gasteiger partial charge in [-0.15, -0.1) is 0 Å². The van der Waals surface area contributed by atoms with Gasteiger partial charge in [0.25, 0.3) is 5.91 Å². The summed E-state index contributed by atoms with van der Waals surface area (Å²) in [5, 5.41) is 8.63. The highest BCUT2D eigenvalue weighted by Gasteiger charge is 2.21. The van der Waals surface area contributed by atoms with Crippen LogP contribution in [0.5, 0.6) is 5.75 Å². The van der Waals surface area contributed by atoms with E-state index in [2.05, 4.69) is 18.4 Å². The Kier molecular flexibility index (Phi) is 5.51. The average molecular weight is 344 g/mol. The average Bonchev–Trinajstić information content (AvgIpc) is 2.86. The van der Waals surface area contributed by atoms with Gasteiger partial charge in [0.2, 0.25) is 0 Å². The van der Waals surface area contributed by atoms with Gasteiger partial charge < -0.3 is 19.3 Å². The van der Waals surface area contributed by atoms with Crippen LogP contribution in [0, 0.1) is 13.8 Å². The Labute approximate surface area is 147 Å². The number of carbonyl (C=O) groups is 2. The van der Waals surface area contributed by atoms with Gasteiger partial charge in [-0.3, -0.25) is 4.79 Å². The lowest BCUT2D eigenvalue weighted by molar-refractivity contribution is -0.139. The van der Waals surface area contributed by atoms with Crippen LogP contribution in [0.2, 0.25) is 0 Å². The number of anilines is 1. The summed E-state index contributed by atoms with van der Waals surface area (Å²) in [7, 11) is 1.72. The number of hydrogen-bond acceptors (Lipinski definition) is 3. The first-order chi connectivity index (χ1) is 11.7. The third-order valence-corrected chi connectivity index (χ3v) is 4.12. The van der Waals surface area contributed by atoms with Gasteiger partial charge in [0.05, 0.1) is 5.56 Å². The summed E-state index contributed by atoms with van der Waals surface area (Å²) in [5.41, 5.74) is 3.40. The maximum Gasteiger partial charge on any atom is 0.341 e. The summed E-state index contributed by atoms with van der Waals surface area (Å²) in [5.74, 6) is -0.666. The molecule has 1 amide bonds. The molecule has 0 fully saturated rings. The van der Waals surface area contributed by atoms with E-state index in [-0.39, 0.29) is 11.9 Å². The van der Waals surface area contributed by atoms with Gasteiger partial charge in [-0.1, -0.05) is 0 Å². The summed E-state index contributed by atoms with van der Waals surface area (Å²) in [4.78, 5) is 25.0. The number of hydrogen-bond donors (Lipinski definition) is 1. The molecule has 0 unspecified atom stereocenters. The molecule has 6 nitrogen and oxygen atoms in total. The molecule has 1 aromatic heterocycles.